The fourth-order valence-corrected chi connectivity index (χ4v) is 2.92. The number of aryl methyl sites for hydroxylation is 2. The summed E-state index contributed by atoms with van der Waals surface area (Å²) >= 11 is 1.22. The second kappa shape index (κ2) is 5.67. The summed E-state index contributed by atoms with van der Waals surface area (Å²) in [5.74, 6) is -0.289. The number of rotatable bonds is 3. The maximum atomic E-state index is 14.0. The number of benzene rings is 1. The van der Waals surface area contributed by atoms with Crippen LogP contribution >= 0.6 is 11.8 Å². The molecule has 100 valence electrons. The molecule has 19 heavy (non-hydrogen) atoms. The molecule has 1 atom stereocenters. The van der Waals surface area contributed by atoms with E-state index in [1.807, 2.05) is 32.9 Å². The summed E-state index contributed by atoms with van der Waals surface area (Å²) in [6.07, 6.45) is 0. The van der Waals surface area contributed by atoms with E-state index >= 15 is 0 Å². The lowest BCUT2D eigenvalue weighted by Gasteiger charge is -2.12. The second-order valence-corrected chi connectivity index (χ2v) is 5.46. The van der Waals surface area contributed by atoms with Crippen LogP contribution in [0.3, 0.4) is 0 Å². The number of nitrogens with zero attached hydrogens (tertiary/aromatic N) is 2. The van der Waals surface area contributed by atoms with Gasteiger partial charge >= 0.3 is 0 Å². The van der Waals surface area contributed by atoms with Crippen molar-refractivity contribution >= 4 is 11.8 Å². The first-order chi connectivity index (χ1) is 8.97. The zero-order valence-electron chi connectivity index (χ0n) is 11.1. The fourth-order valence-electron chi connectivity index (χ4n) is 1.82. The summed E-state index contributed by atoms with van der Waals surface area (Å²) < 4.78 is 14.0. The first-order valence-electron chi connectivity index (χ1n) is 6.01. The van der Waals surface area contributed by atoms with Crippen LogP contribution in [-0.2, 0) is 0 Å². The molecule has 2 rings (SSSR count). The van der Waals surface area contributed by atoms with Crippen LogP contribution in [0.15, 0.2) is 34.3 Å². The second-order valence-electron chi connectivity index (χ2n) is 4.48. The van der Waals surface area contributed by atoms with Gasteiger partial charge in [-0.2, -0.15) is 0 Å². The Balaban J connectivity index is 2.42. The zero-order valence-corrected chi connectivity index (χ0v) is 12.0. The third-order valence-electron chi connectivity index (χ3n) is 2.64. The maximum Gasteiger partial charge on any atom is 0.192 e. The molecule has 1 unspecified atom stereocenters. The minimum atomic E-state index is -0.289. The van der Waals surface area contributed by atoms with E-state index in [0.29, 0.717) is 10.1 Å². The molecule has 0 saturated carbocycles. The van der Waals surface area contributed by atoms with Gasteiger partial charge in [-0.15, -0.1) is 0 Å². The Bertz CT molecular complexity index is 579. The number of aromatic nitrogens is 2. The lowest BCUT2D eigenvalue weighted by atomic mass is 10.1. The fraction of sp³-hybridized carbons (Fsp3) is 0.286. The quantitative estimate of drug-likeness (QED) is 0.874. The molecule has 5 heteroatoms. The van der Waals surface area contributed by atoms with Crippen molar-refractivity contribution in [1.82, 2.24) is 9.97 Å². The molecule has 0 saturated heterocycles. The number of hydrogen-bond acceptors (Lipinski definition) is 4. The standard InChI is InChI=1S/C14H16FN3S/c1-8-7-9(2)18-14(17-8)19-13-11(10(3)16)5-4-6-12(13)15/h4-7,10H,16H2,1-3H3. The van der Waals surface area contributed by atoms with Crippen LogP contribution in [0.5, 0.6) is 0 Å². The van der Waals surface area contributed by atoms with E-state index in [0.717, 1.165) is 17.0 Å². The Morgan fingerprint density at radius 1 is 1.21 bits per heavy atom. The van der Waals surface area contributed by atoms with Gasteiger partial charge in [-0.1, -0.05) is 12.1 Å². The van der Waals surface area contributed by atoms with Crippen LogP contribution in [0.4, 0.5) is 4.39 Å². The van der Waals surface area contributed by atoms with Crippen molar-refractivity contribution in [2.75, 3.05) is 0 Å². The van der Waals surface area contributed by atoms with E-state index in [2.05, 4.69) is 9.97 Å². The molecule has 1 aromatic carbocycles. The molecule has 0 radical (unpaired) electrons. The molecule has 3 nitrogen and oxygen atoms in total. The van der Waals surface area contributed by atoms with Crippen molar-refractivity contribution < 1.29 is 4.39 Å². The van der Waals surface area contributed by atoms with Crippen molar-refractivity contribution in [2.45, 2.75) is 36.9 Å². The van der Waals surface area contributed by atoms with Crippen LogP contribution in [0.2, 0.25) is 0 Å². The molecule has 0 bridgehead atoms. The molecule has 2 aromatic rings. The molecule has 0 aliphatic rings. The molecule has 2 N–H and O–H groups in total. The Kier molecular flexibility index (Phi) is 4.17. The smallest absolute Gasteiger partial charge is 0.192 e. The van der Waals surface area contributed by atoms with E-state index < -0.39 is 0 Å². The Hall–Kier alpha value is -1.46. The first-order valence-corrected chi connectivity index (χ1v) is 6.83. The van der Waals surface area contributed by atoms with Gasteiger partial charge in [0.25, 0.3) is 0 Å². The van der Waals surface area contributed by atoms with Gasteiger partial charge in [-0.3, -0.25) is 0 Å². The van der Waals surface area contributed by atoms with Gasteiger partial charge < -0.3 is 5.73 Å². The lowest BCUT2D eigenvalue weighted by Crippen LogP contribution is -2.07. The SMILES string of the molecule is Cc1cc(C)nc(Sc2c(F)cccc2C(C)N)n1. The minimum Gasteiger partial charge on any atom is -0.324 e. The van der Waals surface area contributed by atoms with Gasteiger partial charge in [0, 0.05) is 17.4 Å². The van der Waals surface area contributed by atoms with Crippen molar-refractivity contribution in [1.29, 1.82) is 0 Å². The van der Waals surface area contributed by atoms with Gasteiger partial charge in [0.1, 0.15) is 5.82 Å². The van der Waals surface area contributed by atoms with Gasteiger partial charge in [0.15, 0.2) is 5.16 Å². The highest BCUT2D eigenvalue weighted by Gasteiger charge is 2.14. The van der Waals surface area contributed by atoms with Gasteiger partial charge in [-0.25, -0.2) is 14.4 Å². The molecule has 0 amide bonds. The summed E-state index contributed by atoms with van der Waals surface area (Å²) in [6, 6.07) is 6.58. The zero-order chi connectivity index (χ0) is 14.0. The largest absolute Gasteiger partial charge is 0.324 e. The monoisotopic (exact) mass is 277 g/mol. The predicted octanol–water partition coefficient (Wildman–Crippen LogP) is 3.40. The van der Waals surface area contributed by atoms with Crippen LogP contribution in [-0.4, -0.2) is 9.97 Å². The van der Waals surface area contributed by atoms with Crippen molar-refractivity contribution in [3.05, 3.63) is 47.0 Å². The normalized spacial score (nSPS) is 12.5. The van der Waals surface area contributed by atoms with Crippen LogP contribution in [0, 0.1) is 19.7 Å². The summed E-state index contributed by atoms with van der Waals surface area (Å²) in [5.41, 5.74) is 8.39. The number of hydrogen-bond donors (Lipinski definition) is 1. The molecular formula is C14H16FN3S. The predicted molar refractivity (Wildman–Crippen MR) is 74.6 cm³/mol. The number of halogens is 1. The Morgan fingerprint density at radius 3 is 2.42 bits per heavy atom. The van der Waals surface area contributed by atoms with E-state index in [4.69, 9.17) is 5.73 Å². The maximum absolute atomic E-state index is 14.0. The number of nitrogens with two attached hydrogens (primary N) is 1. The van der Waals surface area contributed by atoms with Crippen molar-refractivity contribution in [3.8, 4) is 0 Å². The van der Waals surface area contributed by atoms with Crippen molar-refractivity contribution in [2.24, 2.45) is 5.73 Å². The average molecular weight is 277 g/mol. The van der Waals surface area contributed by atoms with Crippen molar-refractivity contribution in [3.63, 3.8) is 0 Å². The molecule has 0 aliphatic heterocycles. The molecule has 0 fully saturated rings. The Morgan fingerprint density at radius 2 is 1.84 bits per heavy atom. The van der Waals surface area contributed by atoms with Crippen LogP contribution in [0.25, 0.3) is 0 Å². The molecule has 0 aliphatic carbocycles. The van der Waals surface area contributed by atoms with Gasteiger partial charge in [-0.05, 0) is 50.2 Å². The average Bonchev–Trinajstić information content (AvgIpc) is 2.30. The minimum absolute atomic E-state index is 0.232. The van der Waals surface area contributed by atoms with E-state index in [9.17, 15) is 4.39 Å². The van der Waals surface area contributed by atoms with Gasteiger partial charge in [0.05, 0.1) is 4.90 Å². The highest BCUT2D eigenvalue weighted by Crippen LogP contribution is 2.33. The van der Waals surface area contributed by atoms with E-state index in [1.54, 1.807) is 6.07 Å². The van der Waals surface area contributed by atoms with Crippen LogP contribution < -0.4 is 5.73 Å². The molecule has 1 heterocycles. The van der Waals surface area contributed by atoms with Gasteiger partial charge in [0.2, 0.25) is 0 Å². The topological polar surface area (TPSA) is 51.8 Å². The highest BCUT2D eigenvalue weighted by molar-refractivity contribution is 7.99. The third-order valence-corrected chi connectivity index (χ3v) is 3.64. The molecular weight excluding hydrogens is 261 g/mol. The summed E-state index contributed by atoms with van der Waals surface area (Å²) in [4.78, 5) is 9.13. The third kappa shape index (κ3) is 3.30. The highest BCUT2D eigenvalue weighted by atomic mass is 32.2. The first kappa shape index (κ1) is 14.0. The van der Waals surface area contributed by atoms with Crippen LogP contribution in [0.1, 0.15) is 29.9 Å². The Labute approximate surface area is 116 Å². The van der Waals surface area contributed by atoms with E-state index in [-0.39, 0.29) is 11.9 Å². The lowest BCUT2D eigenvalue weighted by molar-refractivity contribution is 0.591. The summed E-state index contributed by atoms with van der Waals surface area (Å²) in [6.45, 7) is 5.63. The van der Waals surface area contributed by atoms with E-state index in [1.165, 1.54) is 17.8 Å². The molecule has 0 spiro atoms. The molecule has 1 aromatic heterocycles. The summed E-state index contributed by atoms with van der Waals surface area (Å²) in [5, 5.41) is 0.546. The summed E-state index contributed by atoms with van der Waals surface area (Å²) in [7, 11) is 0.